The molecule has 1 atom stereocenters. The summed E-state index contributed by atoms with van der Waals surface area (Å²) in [7, 11) is 0. The zero-order chi connectivity index (χ0) is 22.4. The minimum absolute atomic E-state index is 0. The quantitative estimate of drug-likeness (QED) is 0.568. The fourth-order valence-corrected chi connectivity index (χ4v) is 4.34. The van der Waals surface area contributed by atoms with Gasteiger partial charge >= 0.3 is 0 Å². The molecule has 0 aromatic carbocycles. The second-order valence-electron chi connectivity index (χ2n) is 7.97. The van der Waals surface area contributed by atoms with Crippen molar-refractivity contribution < 1.29 is 14.0 Å². The first-order valence-electron chi connectivity index (χ1n) is 10.5. The predicted molar refractivity (Wildman–Crippen MR) is 120 cm³/mol. The Morgan fingerprint density at radius 1 is 1.33 bits per heavy atom. The molecule has 0 aliphatic carbocycles. The number of hydrogen-bond donors (Lipinski definition) is 2. The number of carbonyl (C=O) groups excluding carboxylic acids is 2. The van der Waals surface area contributed by atoms with Gasteiger partial charge in [0.15, 0.2) is 0 Å². The Morgan fingerprint density at radius 3 is 2.82 bits per heavy atom. The number of carbonyl (C=O) groups is 2. The van der Waals surface area contributed by atoms with Crippen LogP contribution in [0.2, 0.25) is 0 Å². The molecule has 10 nitrogen and oxygen atoms in total. The minimum Gasteiger partial charge on any atom is -0.328 e. The third-order valence-corrected chi connectivity index (χ3v) is 5.95. The number of aryl methyl sites for hydroxylation is 1. The van der Waals surface area contributed by atoms with Gasteiger partial charge in [0.25, 0.3) is 11.5 Å². The lowest BCUT2D eigenvalue weighted by molar-refractivity contribution is -0.116. The predicted octanol–water partition coefficient (Wildman–Crippen LogP) is 0.971. The first-order valence-corrected chi connectivity index (χ1v) is 10.5. The Morgan fingerprint density at radius 2 is 2.15 bits per heavy atom. The van der Waals surface area contributed by atoms with Crippen molar-refractivity contribution in [3.63, 3.8) is 0 Å². The Balaban J connectivity index is 0.00000259. The number of halogens is 2. The Bertz CT molecular complexity index is 1280. The van der Waals surface area contributed by atoms with Gasteiger partial charge in [-0.15, -0.1) is 12.4 Å². The van der Waals surface area contributed by atoms with Crippen LogP contribution >= 0.6 is 12.4 Å². The first kappa shape index (κ1) is 22.9. The fourth-order valence-electron chi connectivity index (χ4n) is 4.34. The molecule has 0 spiro atoms. The van der Waals surface area contributed by atoms with E-state index < -0.39 is 11.7 Å². The van der Waals surface area contributed by atoms with E-state index >= 15 is 0 Å². The van der Waals surface area contributed by atoms with Gasteiger partial charge in [-0.3, -0.25) is 14.4 Å². The molecule has 3 aromatic rings. The van der Waals surface area contributed by atoms with E-state index in [-0.39, 0.29) is 54.5 Å². The zero-order valence-corrected chi connectivity index (χ0v) is 18.7. The third kappa shape index (κ3) is 3.98. The lowest BCUT2D eigenvalue weighted by Gasteiger charge is -2.22. The molecule has 1 fully saturated rings. The van der Waals surface area contributed by atoms with Gasteiger partial charge in [0.2, 0.25) is 5.91 Å². The maximum Gasteiger partial charge on any atom is 0.280 e. The number of pyridine rings is 1. The van der Waals surface area contributed by atoms with Crippen LogP contribution in [0.15, 0.2) is 29.2 Å². The van der Waals surface area contributed by atoms with Crippen molar-refractivity contribution in [3.8, 4) is 0 Å². The highest BCUT2D eigenvalue weighted by molar-refractivity contribution is 5.98. The van der Waals surface area contributed by atoms with Gasteiger partial charge in [-0.25, -0.2) is 9.37 Å². The highest BCUT2D eigenvalue weighted by atomic mass is 35.5. The van der Waals surface area contributed by atoms with Crippen LogP contribution in [-0.4, -0.2) is 55.0 Å². The molecule has 2 amide bonds. The van der Waals surface area contributed by atoms with Crippen LogP contribution in [0, 0.1) is 5.82 Å². The van der Waals surface area contributed by atoms with Gasteiger partial charge in [0.1, 0.15) is 29.5 Å². The van der Waals surface area contributed by atoms with E-state index in [4.69, 9.17) is 0 Å². The molecule has 5 heterocycles. The standard InChI is InChI=1S/C21H22FN7O3.ClH/c1-2-13-7-18-28(11-17(30)25-16-4-3-12(22)8-24-16)19-15(20(31)29(18)26-13)10-27(21(19)32)14-5-6-23-9-14;/h3-4,7-8,14,23H,2,5-6,9-11H2,1H3,(H,24,25,30);1H. The summed E-state index contributed by atoms with van der Waals surface area (Å²) in [6.45, 7) is 3.37. The molecule has 174 valence electrons. The van der Waals surface area contributed by atoms with Gasteiger partial charge < -0.3 is 20.1 Å². The van der Waals surface area contributed by atoms with Crippen LogP contribution in [0.5, 0.6) is 0 Å². The van der Waals surface area contributed by atoms with Crippen molar-refractivity contribution in [1.82, 2.24) is 29.4 Å². The average molecular weight is 476 g/mol. The molecule has 0 bridgehead atoms. The summed E-state index contributed by atoms with van der Waals surface area (Å²) in [5.74, 6) is -1.04. The van der Waals surface area contributed by atoms with Crippen molar-refractivity contribution in [2.45, 2.75) is 38.9 Å². The van der Waals surface area contributed by atoms with Gasteiger partial charge in [-0.05, 0) is 31.5 Å². The van der Waals surface area contributed by atoms with Gasteiger partial charge in [-0.2, -0.15) is 9.61 Å². The summed E-state index contributed by atoms with van der Waals surface area (Å²) < 4.78 is 15.9. The summed E-state index contributed by atoms with van der Waals surface area (Å²) in [5.41, 5.74) is 1.29. The molecular formula is C21H23ClFN7O3. The Kier molecular flexibility index (Phi) is 6.17. The van der Waals surface area contributed by atoms with Crippen molar-refractivity contribution in [2.75, 3.05) is 18.4 Å². The maximum atomic E-state index is 13.4. The van der Waals surface area contributed by atoms with Crippen LogP contribution in [0.1, 0.15) is 35.1 Å². The molecule has 1 saturated heterocycles. The van der Waals surface area contributed by atoms with E-state index in [0.717, 1.165) is 19.2 Å². The van der Waals surface area contributed by atoms with E-state index in [0.29, 0.717) is 29.9 Å². The number of amides is 2. The summed E-state index contributed by atoms with van der Waals surface area (Å²) in [4.78, 5) is 44.9. The normalized spacial score (nSPS) is 17.3. The number of rotatable bonds is 5. The summed E-state index contributed by atoms with van der Waals surface area (Å²) in [6.07, 6.45) is 2.42. The SMILES string of the molecule is CCc1cc2n(CC(=O)Nc3ccc(F)cn3)c3c(c(=O)n2n1)CN(C1CCNC1)C3=O.Cl. The van der Waals surface area contributed by atoms with Crippen LogP contribution in [0.4, 0.5) is 10.2 Å². The number of anilines is 1. The van der Waals surface area contributed by atoms with Crippen molar-refractivity contribution >= 4 is 35.7 Å². The molecule has 12 heteroatoms. The largest absolute Gasteiger partial charge is 0.328 e. The second kappa shape index (κ2) is 8.91. The molecular weight excluding hydrogens is 453 g/mol. The number of aromatic nitrogens is 4. The number of hydrogen-bond acceptors (Lipinski definition) is 6. The molecule has 2 aliphatic heterocycles. The van der Waals surface area contributed by atoms with Crippen LogP contribution < -0.4 is 16.2 Å². The molecule has 33 heavy (non-hydrogen) atoms. The molecule has 0 saturated carbocycles. The summed E-state index contributed by atoms with van der Waals surface area (Å²) >= 11 is 0. The highest BCUT2D eigenvalue weighted by Crippen LogP contribution is 2.26. The van der Waals surface area contributed by atoms with Crippen molar-refractivity contribution in [1.29, 1.82) is 0 Å². The fraction of sp³-hybridized carbons (Fsp3) is 0.381. The van der Waals surface area contributed by atoms with Gasteiger partial charge in [-0.1, -0.05) is 6.92 Å². The average Bonchev–Trinajstić information content (AvgIpc) is 3.51. The van der Waals surface area contributed by atoms with E-state index in [2.05, 4.69) is 20.7 Å². The molecule has 1 unspecified atom stereocenters. The molecule has 0 radical (unpaired) electrons. The topological polar surface area (TPSA) is 114 Å². The molecule has 5 rings (SSSR count). The maximum absolute atomic E-state index is 13.4. The van der Waals surface area contributed by atoms with E-state index in [1.165, 1.54) is 16.6 Å². The third-order valence-electron chi connectivity index (χ3n) is 5.95. The molecule has 2 N–H and O–H groups in total. The summed E-state index contributed by atoms with van der Waals surface area (Å²) in [5, 5.41) is 10.2. The van der Waals surface area contributed by atoms with Crippen LogP contribution in [0.3, 0.4) is 0 Å². The number of nitrogens with one attached hydrogen (secondary N) is 2. The first-order chi connectivity index (χ1) is 15.5. The number of fused-ring (bicyclic) bond motifs is 2. The highest BCUT2D eigenvalue weighted by Gasteiger charge is 2.39. The number of nitrogens with zero attached hydrogens (tertiary/aromatic N) is 5. The monoisotopic (exact) mass is 475 g/mol. The van der Waals surface area contributed by atoms with Gasteiger partial charge in [0, 0.05) is 18.7 Å². The Labute approximate surface area is 194 Å². The second-order valence-corrected chi connectivity index (χ2v) is 7.97. The van der Waals surface area contributed by atoms with Crippen molar-refractivity contribution in [2.24, 2.45) is 0 Å². The van der Waals surface area contributed by atoms with Crippen molar-refractivity contribution in [3.05, 3.63) is 57.5 Å². The van der Waals surface area contributed by atoms with E-state index in [1.807, 2.05) is 6.92 Å². The van der Waals surface area contributed by atoms with Gasteiger partial charge in [0.05, 0.1) is 24.0 Å². The zero-order valence-electron chi connectivity index (χ0n) is 17.9. The van der Waals surface area contributed by atoms with Crippen LogP contribution in [-0.2, 0) is 24.3 Å². The lowest BCUT2D eigenvalue weighted by Crippen LogP contribution is -2.37. The minimum atomic E-state index is -0.513. The molecule has 2 aliphatic rings. The molecule has 3 aromatic heterocycles. The van der Waals surface area contributed by atoms with E-state index in [9.17, 15) is 18.8 Å². The van der Waals surface area contributed by atoms with Crippen LogP contribution in [0.25, 0.3) is 5.65 Å². The van der Waals surface area contributed by atoms with E-state index in [1.54, 1.807) is 15.5 Å². The lowest BCUT2D eigenvalue weighted by atomic mass is 10.2. The smallest absolute Gasteiger partial charge is 0.280 e. The Hall–Kier alpha value is -3.31. The summed E-state index contributed by atoms with van der Waals surface area (Å²) in [6, 6.07) is 4.27.